The number of ether oxygens (including phenoxy) is 1. The van der Waals surface area contributed by atoms with Gasteiger partial charge in [0, 0.05) is 0 Å². The number of rotatable bonds is 2. The van der Waals surface area contributed by atoms with Crippen molar-refractivity contribution in [2.24, 2.45) is 0 Å². The summed E-state index contributed by atoms with van der Waals surface area (Å²) in [5, 5.41) is 0.655. The van der Waals surface area contributed by atoms with Crippen LogP contribution in [0.4, 0.5) is 10.1 Å². The fourth-order valence-corrected chi connectivity index (χ4v) is 2.67. The molecule has 19 heavy (non-hydrogen) atoms. The molecule has 6 heteroatoms. The molecule has 0 saturated heterocycles. The predicted molar refractivity (Wildman–Crippen MR) is 73.8 cm³/mol. The zero-order chi connectivity index (χ0) is 13.4. The third kappa shape index (κ3) is 2.10. The lowest BCUT2D eigenvalue weighted by atomic mass is 10.3. The van der Waals surface area contributed by atoms with Gasteiger partial charge in [0.15, 0.2) is 0 Å². The zero-order valence-electron chi connectivity index (χ0n) is 10.1. The molecule has 0 atom stereocenters. The van der Waals surface area contributed by atoms with Crippen molar-refractivity contribution in [3.05, 3.63) is 36.3 Å². The standard InChI is InChI=1S/C13H10FN3OS/c1-18-7-2-4-9-11(6-7)19-13(17-9)10-5-3-8(15)12(14)16-10/h2-6H,15H2,1H3. The number of fused-ring (bicyclic) bond motifs is 1. The Balaban J connectivity index is 2.11. The highest BCUT2D eigenvalue weighted by Gasteiger charge is 2.10. The average molecular weight is 275 g/mol. The Morgan fingerprint density at radius 1 is 1.21 bits per heavy atom. The van der Waals surface area contributed by atoms with Crippen LogP contribution in [0.1, 0.15) is 0 Å². The summed E-state index contributed by atoms with van der Waals surface area (Å²) in [6.07, 6.45) is 0. The summed E-state index contributed by atoms with van der Waals surface area (Å²) >= 11 is 1.43. The van der Waals surface area contributed by atoms with Crippen molar-refractivity contribution in [1.29, 1.82) is 0 Å². The molecule has 0 bridgehead atoms. The lowest BCUT2D eigenvalue weighted by molar-refractivity contribution is 0.415. The first-order valence-corrected chi connectivity index (χ1v) is 6.36. The number of nitrogen functional groups attached to an aromatic ring is 1. The van der Waals surface area contributed by atoms with Crippen molar-refractivity contribution < 1.29 is 9.13 Å². The van der Waals surface area contributed by atoms with E-state index < -0.39 is 5.95 Å². The SMILES string of the molecule is COc1ccc2nc(-c3ccc(N)c(F)n3)sc2c1. The quantitative estimate of drug-likeness (QED) is 0.730. The Morgan fingerprint density at radius 3 is 2.79 bits per heavy atom. The highest BCUT2D eigenvalue weighted by Crippen LogP contribution is 2.31. The molecule has 0 aliphatic rings. The normalized spacial score (nSPS) is 10.8. The predicted octanol–water partition coefficient (Wildman–Crippen LogP) is 3.09. The number of nitrogens with two attached hydrogens (primary N) is 1. The molecule has 4 nitrogen and oxygen atoms in total. The summed E-state index contributed by atoms with van der Waals surface area (Å²) in [6.45, 7) is 0. The molecular formula is C13H10FN3OS. The third-order valence-electron chi connectivity index (χ3n) is 2.69. The van der Waals surface area contributed by atoms with Crippen LogP contribution >= 0.6 is 11.3 Å². The van der Waals surface area contributed by atoms with Gasteiger partial charge in [0.1, 0.15) is 16.5 Å². The zero-order valence-corrected chi connectivity index (χ0v) is 10.9. The average Bonchev–Trinajstić information content (AvgIpc) is 2.84. The van der Waals surface area contributed by atoms with E-state index in [-0.39, 0.29) is 5.69 Å². The Hall–Kier alpha value is -2.21. The Bertz CT molecular complexity index is 757. The summed E-state index contributed by atoms with van der Waals surface area (Å²) in [4.78, 5) is 8.23. The highest BCUT2D eigenvalue weighted by atomic mass is 32.1. The van der Waals surface area contributed by atoms with Gasteiger partial charge in [0.2, 0.25) is 5.95 Å². The van der Waals surface area contributed by atoms with E-state index in [2.05, 4.69) is 9.97 Å². The second-order valence-corrected chi connectivity index (χ2v) is 4.96. The van der Waals surface area contributed by atoms with Crippen molar-refractivity contribution in [3.8, 4) is 16.5 Å². The Morgan fingerprint density at radius 2 is 2.05 bits per heavy atom. The van der Waals surface area contributed by atoms with Crippen LogP contribution in [0.25, 0.3) is 20.9 Å². The van der Waals surface area contributed by atoms with E-state index in [0.717, 1.165) is 16.0 Å². The molecule has 3 aromatic rings. The largest absolute Gasteiger partial charge is 0.497 e. The maximum Gasteiger partial charge on any atom is 0.236 e. The van der Waals surface area contributed by atoms with E-state index in [1.807, 2.05) is 18.2 Å². The molecular weight excluding hydrogens is 265 g/mol. The summed E-state index contributed by atoms with van der Waals surface area (Å²) in [6, 6.07) is 8.74. The van der Waals surface area contributed by atoms with Crippen LogP contribution in [0.3, 0.4) is 0 Å². The first kappa shape index (κ1) is 11.9. The lowest BCUT2D eigenvalue weighted by Crippen LogP contribution is -1.94. The molecule has 0 fully saturated rings. The fraction of sp³-hybridized carbons (Fsp3) is 0.0769. The van der Waals surface area contributed by atoms with E-state index in [4.69, 9.17) is 10.5 Å². The number of halogens is 1. The number of thiazole rings is 1. The van der Waals surface area contributed by atoms with Gasteiger partial charge in [-0.15, -0.1) is 11.3 Å². The molecule has 96 valence electrons. The number of aromatic nitrogens is 2. The summed E-state index contributed by atoms with van der Waals surface area (Å²) < 4.78 is 19.5. The van der Waals surface area contributed by atoms with E-state index in [9.17, 15) is 4.39 Å². The topological polar surface area (TPSA) is 61.0 Å². The summed E-state index contributed by atoms with van der Waals surface area (Å²) in [5.41, 5.74) is 6.75. The smallest absolute Gasteiger partial charge is 0.236 e. The number of benzene rings is 1. The van der Waals surface area contributed by atoms with Gasteiger partial charge in [-0.25, -0.2) is 9.97 Å². The van der Waals surface area contributed by atoms with Gasteiger partial charge in [0.05, 0.1) is 23.0 Å². The Kier molecular flexibility index (Phi) is 2.79. The number of hydrogen-bond acceptors (Lipinski definition) is 5. The van der Waals surface area contributed by atoms with Gasteiger partial charge >= 0.3 is 0 Å². The first-order valence-electron chi connectivity index (χ1n) is 5.54. The van der Waals surface area contributed by atoms with E-state index >= 15 is 0 Å². The minimum absolute atomic E-state index is 0.0338. The van der Waals surface area contributed by atoms with Crippen molar-refractivity contribution in [2.45, 2.75) is 0 Å². The van der Waals surface area contributed by atoms with Gasteiger partial charge < -0.3 is 10.5 Å². The molecule has 0 saturated carbocycles. The second kappa shape index (κ2) is 4.47. The maximum atomic E-state index is 13.4. The summed E-state index contributed by atoms with van der Waals surface area (Å²) in [5.74, 6) is 0.0912. The van der Waals surface area contributed by atoms with Gasteiger partial charge in [-0.05, 0) is 30.3 Å². The second-order valence-electron chi connectivity index (χ2n) is 3.93. The van der Waals surface area contributed by atoms with Crippen LogP contribution in [-0.4, -0.2) is 17.1 Å². The van der Waals surface area contributed by atoms with Crippen LogP contribution in [0.15, 0.2) is 30.3 Å². The van der Waals surface area contributed by atoms with Gasteiger partial charge in [0.25, 0.3) is 0 Å². The number of nitrogens with zero attached hydrogens (tertiary/aromatic N) is 2. The molecule has 2 heterocycles. The third-order valence-corrected chi connectivity index (χ3v) is 3.73. The molecule has 0 radical (unpaired) electrons. The van der Waals surface area contributed by atoms with Crippen molar-refractivity contribution >= 4 is 27.2 Å². The molecule has 2 aromatic heterocycles. The van der Waals surface area contributed by atoms with E-state index in [1.165, 1.54) is 17.4 Å². The van der Waals surface area contributed by atoms with Crippen molar-refractivity contribution in [3.63, 3.8) is 0 Å². The monoisotopic (exact) mass is 275 g/mol. The van der Waals surface area contributed by atoms with Crippen LogP contribution in [0.5, 0.6) is 5.75 Å². The molecule has 1 aromatic carbocycles. The molecule has 0 amide bonds. The molecule has 0 aliphatic heterocycles. The van der Waals surface area contributed by atoms with Gasteiger partial charge in [-0.2, -0.15) is 4.39 Å². The molecule has 2 N–H and O–H groups in total. The molecule has 0 unspecified atom stereocenters. The van der Waals surface area contributed by atoms with Crippen LogP contribution < -0.4 is 10.5 Å². The molecule has 0 aliphatic carbocycles. The number of pyridine rings is 1. The minimum atomic E-state index is -0.672. The first-order chi connectivity index (χ1) is 9.17. The number of hydrogen-bond donors (Lipinski definition) is 1. The number of anilines is 1. The Labute approximate surface area is 112 Å². The van der Waals surface area contributed by atoms with Crippen LogP contribution in [-0.2, 0) is 0 Å². The number of methoxy groups -OCH3 is 1. The van der Waals surface area contributed by atoms with Crippen LogP contribution in [0.2, 0.25) is 0 Å². The van der Waals surface area contributed by atoms with Crippen molar-refractivity contribution in [2.75, 3.05) is 12.8 Å². The molecule has 3 rings (SSSR count). The highest BCUT2D eigenvalue weighted by molar-refractivity contribution is 7.21. The minimum Gasteiger partial charge on any atom is -0.497 e. The maximum absolute atomic E-state index is 13.4. The van der Waals surface area contributed by atoms with Crippen molar-refractivity contribution in [1.82, 2.24) is 9.97 Å². The van der Waals surface area contributed by atoms with E-state index in [1.54, 1.807) is 13.2 Å². The van der Waals surface area contributed by atoms with E-state index in [0.29, 0.717) is 10.7 Å². The summed E-state index contributed by atoms with van der Waals surface area (Å²) in [7, 11) is 1.61. The van der Waals surface area contributed by atoms with Gasteiger partial charge in [-0.1, -0.05) is 0 Å². The van der Waals surface area contributed by atoms with Crippen LogP contribution in [0, 0.1) is 5.95 Å². The molecule has 0 spiro atoms. The fourth-order valence-electron chi connectivity index (χ4n) is 1.71. The lowest BCUT2D eigenvalue weighted by Gasteiger charge is -1.97. The van der Waals surface area contributed by atoms with Gasteiger partial charge in [-0.3, -0.25) is 0 Å².